The van der Waals surface area contributed by atoms with Gasteiger partial charge < -0.3 is 5.32 Å². The summed E-state index contributed by atoms with van der Waals surface area (Å²) in [7, 11) is 0. The lowest BCUT2D eigenvalue weighted by molar-refractivity contribution is -0.128. The summed E-state index contributed by atoms with van der Waals surface area (Å²) in [6.07, 6.45) is 3.02. The molecule has 0 bridgehead atoms. The van der Waals surface area contributed by atoms with E-state index in [4.69, 9.17) is 5.21 Å². The van der Waals surface area contributed by atoms with Crippen molar-refractivity contribution in [2.45, 2.75) is 19.8 Å². The number of carbonyl (C=O) groups is 2. The van der Waals surface area contributed by atoms with Gasteiger partial charge in [-0.3, -0.25) is 14.8 Å². The molecule has 0 saturated heterocycles. The van der Waals surface area contributed by atoms with E-state index in [-0.39, 0.29) is 6.54 Å². The topological polar surface area (TPSA) is 78.4 Å². The van der Waals surface area contributed by atoms with Gasteiger partial charge in [-0.15, -0.1) is 0 Å². The Balaban J connectivity index is 0.000000257. The van der Waals surface area contributed by atoms with Crippen LogP contribution in [0.3, 0.4) is 0 Å². The van der Waals surface area contributed by atoms with E-state index < -0.39 is 5.91 Å². The molecule has 5 nitrogen and oxygen atoms in total. The number of aldehydes is 1. The Kier molecular flexibility index (Phi) is 9.76. The van der Waals surface area contributed by atoms with Crippen molar-refractivity contribution < 1.29 is 14.8 Å². The van der Waals surface area contributed by atoms with Crippen molar-refractivity contribution in [3.63, 3.8) is 0 Å². The molecule has 0 heterocycles. The maximum atomic E-state index is 10.5. The molecule has 0 aliphatic rings. The first kappa shape index (κ1) is 19.5. The third-order valence-electron chi connectivity index (χ3n) is 3.27. The van der Waals surface area contributed by atoms with Crippen molar-refractivity contribution in [1.29, 1.82) is 0 Å². The monoisotopic (exact) mass is 328 g/mol. The second-order valence-corrected chi connectivity index (χ2v) is 5.17. The van der Waals surface area contributed by atoms with Crippen LogP contribution in [0, 0.1) is 0 Å². The minimum atomic E-state index is -0.392. The predicted molar refractivity (Wildman–Crippen MR) is 95.0 cm³/mol. The van der Waals surface area contributed by atoms with E-state index in [0.717, 1.165) is 31.2 Å². The molecule has 0 aliphatic heterocycles. The Morgan fingerprint density at radius 2 is 1.67 bits per heavy atom. The molecule has 0 radical (unpaired) electrons. The second kappa shape index (κ2) is 12.0. The fraction of sp³-hybridized carbons (Fsp3) is 0.263. The lowest BCUT2D eigenvalue weighted by Gasteiger charge is -2.00. The minimum absolute atomic E-state index is 0.191. The number of carbonyl (C=O) groups excluding carboxylic acids is 2. The molecule has 5 heteroatoms. The number of hydroxylamine groups is 1. The van der Waals surface area contributed by atoms with Crippen molar-refractivity contribution in [2.24, 2.45) is 0 Å². The normalized spacial score (nSPS) is 9.58. The number of hydrogen-bond donors (Lipinski definition) is 3. The molecule has 0 unspecified atom stereocenters. The first-order chi connectivity index (χ1) is 11.7. The van der Waals surface area contributed by atoms with Crippen LogP contribution in [0.2, 0.25) is 0 Å². The largest absolute Gasteiger partial charge is 0.308 e. The van der Waals surface area contributed by atoms with Crippen LogP contribution in [0.5, 0.6) is 0 Å². The molecular formula is C19H24N2O3. The van der Waals surface area contributed by atoms with E-state index >= 15 is 0 Å². The van der Waals surface area contributed by atoms with Gasteiger partial charge in [0.25, 0.3) is 5.91 Å². The minimum Gasteiger partial charge on any atom is -0.308 e. The molecule has 2 rings (SSSR count). The number of rotatable bonds is 7. The fourth-order valence-electron chi connectivity index (χ4n) is 1.93. The summed E-state index contributed by atoms with van der Waals surface area (Å²) in [5.74, 6) is -0.392. The molecule has 1 amide bonds. The third kappa shape index (κ3) is 7.67. The van der Waals surface area contributed by atoms with Gasteiger partial charge in [0, 0.05) is 5.56 Å². The Morgan fingerprint density at radius 1 is 1.04 bits per heavy atom. The summed E-state index contributed by atoms with van der Waals surface area (Å²) >= 11 is 0. The van der Waals surface area contributed by atoms with E-state index in [1.54, 1.807) is 5.48 Å². The lowest BCUT2D eigenvalue weighted by Crippen LogP contribution is -2.32. The molecule has 0 aliphatic carbocycles. The van der Waals surface area contributed by atoms with Gasteiger partial charge in [-0.2, -0.15) is 0 Å². The number of nitrogens with one attached hydrogen (secondary N) is 2. The predicted octanol–water partition coefficient (Wildman–Crippen LogP) is 3.05. The van der Waals surface area contributed by atoms with Crippen LogP contribution in [0.15, 0.2) is 54.6 Å². The molecule has 24 heavy (non-hydrogen) atoms. The van der Waals surface area contributed by atoms with E-state index in [1.807, 2.05) is 42.5 Å². The summed E-state index contributed by atoms with van der Waals surface area (Å²) in [6.45, 7) is 3.09. The summed E-state index contributed by atoms with van der Waals surface area (Å²) in [6, 6.07) is 17.7. The van der Waals surface area contributed by atoms with Gasteiger partial charge in [-0.05, 0) is 24.1 Å². The van der Waals surface area contributed by atoms with E-state index in [9.17, 15) is 9.59 Å². The molecule has 2 aromatic rings. The molecule has 0 saturated carbocycles. The first-order valence-corrected chi connectivity index (χ1v) is 7.95. The van der Waals surface area contributed by atoms with Crippen LogP contribution >= 0.6 is 0 Å². The van der Waals surface area contributed by atoms with E-state index in [2.05, 4.69) is 24.4 Å². The van der Waals surface area contributed by atoms with Gasteiger partial charge in [0.1, 0.15) is 6.29 Å². The van der Waals surface area contributed by atoms with E-state index in [1.165, 1.54) is 5.56 Å². The zero-order valence-corrected chi connectivity index (χ0v) is 13.9. The van der Waals surface area contributed by atoms with Gasteiger partial charge in [0.05, 0.1) is 6.54 Å². The molecule has 0 fully saturated rings. The maximum absolute atomic E-state index is 10.5. The molecule has 0 aromatic heterocycles. The Bertz CT molecular complexity index is 598. The van der Waals surface area contributed by atoms with Crippen LogP contribution < -0.4 is 10.8 Å². The van der Waals surface area contributed by atoms with Crippen LogP contribution in [0.25, 0.3) is 11.1 Å². The summed E-state index contributed by atoms with van der Waals surface area (Å²) in [5.41, 5.74) is 4.56. The average Bonchev–Trinajstić information content (AvgIpc) is 2.66. The summed E-state index contributed by atoms with van der Waals surface area (Å²) in [5, 5.41) is 10.9. The molecule has 3 N–H and O–H groups in total. The number of unbranched alkanes of at least 4 members (excludes halogenated alkanes) is 1. The number of benzene rings is 2. The van der Waals surface area contributed by atoms with Crippen molar-refractivity contribution in [2.75, 3.05) is 13.1 Å². The van der Waals surface area contributed by atoms with Crippen molar-refractivity contribution in [3.05, 3.63) is 60.2 Å². The SMILES string of the molecule is CCCCNCC(=O)NO.O=Cc1ccc(-c2ccccc2)cc1. The quantitative estimate of drug-likeness (QED) is 0.316. The van der Waals surface area contributed by atoms with Gasteiger partial charge in [0.15, 0.2) is 0 Å². The van der Waals surface area contributed by atoms with Crippen LogP contribution in [-0.2, 0) is 4.79 Å². The van der Waals surface area contributed by atoms with E-state index in [0.29, 0.717) is 5.56 Å². The van der Waals surface area contributed by atoms with Gasteiger partial charge in [0.2, 0.25) is 0 Å². The molecule has 0 spiro atoms. The Labute approximate surface area is 142 Å². The standard InChI is InChI=1S/C13H10O.C6H14N2O2/c14-10-11-6-8-13(9-7-11)12-4-2-1-3-5-12;1-2-3-4-7-5-6(9)8-10/h1-10H;7,10H,2-5H2,1H3,(H,8,9). The molecular weight excluding hydrogens is 304 g/mol. The Morgan fingerprint density at radius 3 is 2.21 bits per heavy atom. The van der Waals surface area contributed by atoms with Crippen molar-refractivity contribution >= 4 is 12.2 Å². The molecule has 2 aromatic carbocycles. The van der Waals surface area contributed by atoms with Crippen molar-refractivity contribution in [3.8, 4) is 11.1 Å². The highest BCUT2D eigenvalue weighted by Crippen LogP contribution is 2.18. The highest BCUT2D eigenvalue weighted by molar-refractivity contribution is 5.77. The van der Waals surface area contributed by atoms with Crippen LogP contribution in [0.1, 0.15) is 30.1 Å². The first-order valence-electron chi connectivity index (χ1n) is 7.95. The van der Waals surface area contributed by atoms with Crippen molar-refractivity contribution in [1.82, 2.24) is 10.8 Å². The number of amides is 1. The maximum Gasteiger partial charge on any atom is 0.257 e. The smallest absolute Gasteiger partial charge is 0.257 e. The zero-order valence-electron chi connectivity index (χ0n) is 13.9. The fourth-order valence-corrected chi connectivity index (χ4v) is 1.93. The van der Waals surface area contributed by atoms with Gasteiger partial charge in [-0.1, -0.05) is 67.9 Å². The molecule has 128 valence electrons. The summed E-state index contributed by atoms with van der Waals surface area (Å²) in [4.78, 5) is 20.8. The van der Waals surface area contributed by atoms with Crippen LogP contribution in [0.4, 0.5) is 0 Å². The average molecular weight is 328 g/mol. The zero-order chi connectivity index (χ0) is 17.6. The Hall–Kier alpha value is -2.50. The van der Waals surface area contributed by atoms with Crippen LogP contribution in [-0.4, -0.2) is 30.5 Å². The number of hydrogen-bond acceptors (Lipinski definition) is 4. The highest BCUT2D eigenvalue weighted by atomic mass is 16.5. The molecule has 0 atom stereocenters. The van der Waals surface area contributed by atoms with Gasteiger partial charge >= 0.3 is 0 Å². The summed E-state index contributed by atoms with van der Waals surface area (Å²) < 4.78 is 0. The highest BCUT2D eigenvalue weighted by Gasteiger charge is 1.96. The van der Waals surface area contributed by atoms with Gasteiger partial charge in [-0.25, -0.2) is 5.48 Å². The lowest BCUT2D eigenvalue weighted by atomic mass is 10.0. The third-order valence-corrected chi connectivity index (χ3v) is 3.27. The second-order valence-electron chi connectivity index (χ2n) is 5.17.